The maximum Gasteiger partial charge on any atom is -0.147 e. The molecule has 0 aliphatic carbocycles. The third kappa shape index (κ3) is 4.24. The largest absolute Gasteiger partial charge is 0.147 e. The molecular formula is C12H21ClNOSn. The summed E-state index contributed by atoms with van der Waals surface area (Å²) >= 11 is -1.84. The Morgan fingerprint density at radius 2 is 1.94 bits per heavy atom. The van der Waals surface area contributed by atoms with E-state index in [-0.39, 0.29) is 18.4 Å². The summed E-state index contributed by atoms with van der Waals surface area (Å²) in [5.41, 5.74) is 7.26. The molecule has 1 aromatic carbocycles. The van der Waals surface area contributed by atoms with Crippen LogP contribution in [0.25, 0.3) is 0 Å². The quantitative estimate of drug-likeness (QED) is 0.829. The van der Waals surface area contributed by atoms with Crippen LogP contribution in [-0.2, 0) is 3.07 Å². The van der Waals surface area contributed by atoms with Gasteiger partial charge >= 0.3 is 100 Å². The zero-order valence-electron chi connectivity index (χ0n) is 10.2. The summed E-state index contributed by atoms with van der Waals surface area (Å²) in [7, 11) is 0. The first-order chi connectivity index (χ1) is 7.20. The molecule has 4 heteroatoms. The van der Waals surface area contributed by atoms with Crippen molar-refractivity contribution in [3.8, 4) is 0 Å². The van der Waals surface area contributed by atoms with Crippen molar-refractivity contribution in [2.45, 2.75) is 31.2 Å². The SMILES string of the molecule is CC[O][Sn]([CH2]C)[c]1ccccc1C(C)N.Cl. The predicted molar refractivity (Wildman–Crippen MR) is 73.8 cm³/mol. The molecule has 16 heavy (non-hydrogen) atoms. The number of halogens is 1. The van der Waals surface area contributed by atoms with E-state index in [4.69, 9.17) is 8.81 Å². The van der Waals surface area contributed by atoms with Gasteiger partial charge in [-0.2, -0.15) is 0 Å². The Morgan fingerprint density at radius 3 is 2.44 bits per heavy atom. The fraction of sp³-hybridized carbons (Fsp3) is 0.500. The molecule has 1 aromatic rings. The second-order valence-corrected chi connectivity index (χ2v) is 10.4. The molecule has 91 valence electrons. The number of nitrogens with two attached hydrogens (primary N) is 1. The van der Waals surface area contributed by atoms with Gasteiger partial charge in [-0.15, -0.1) is 12.4 Å². The van der Waals surface area contributed by atoms with Gasteiger partial charge in [0, 0.05) is 0 Å². The summed E-state index contributed by atoms with van der Waals surface area (Å²) in [5, 5.41) is 0. The molecule has 0 saturated heterocycles. The molecule has 0 aliphatic heterocycles. The van der Waals surface area contributed by atoms with E-state index in [2.05, 4.69) is 38.1 Å². The Labute approximate surface area is 112 Å². The monoisotopic (exact) mass is 350 g/mol. The van der Waals surface area contributed by atoms with Crippen LogP contribution in [0.5, 0.6) is 0 Å². The van der Waals surface area contributed by atoms with Crippen LogP contribution < -0.4 is 9.31 Å². The maximum atomic E-state index is 5.98. The average Bonchev–Trinajstić information content (AvgIpc) is 2.26. The van der Waals surface area contributed by atoms with Crippen LogP contribution in [0.2, 0.25) is 4.44 Å². The molecule has 0 fully saturated rings. The first-order valence-corrected chi connectivity index (χ1v) is 10.1. The second kappa shape index (κ2) is 8.34. The number of rotatable bonds is 5. The number of hydrogen-bond acceptors (Lipinski definition) is 2. The van der Waals surface area contributed by atoms with Gasteiger partial charge in [-0.1, -0.05) is 0 Å². The van der Waals surface area contributed by atoms with E-state index in [0.717, 1.165) is 6.61 Å². The van der Waals surface area contributed by atoms with Gasteiger partial charge in [-0.05, 0) is 0 Å². The van der Waals surface area contributed by atoms with Crippen LogP contribution in [0.15, 0.2) is 24.3 Å². The van der Waals surface area contributed by atoms with Gasteiger partial charge < -0.3 is 0 Å². The molecule has 2 nitrogen and oxygen atoms in total. The summed E-state index contributed by atoms with van der Waals surface area (Å²) < 4.78 is 8.52. The Balaban J connectivity index is 0.00000225. The van der Waals surface area contributed by atoms with Crippen LogP contribution >= 0.6 is 12.4 Å². The first kappa shape index (κ1) is 16.2. The van der Waals surface area contributed by atoms with Crippen LogP contribution in [0.1, 0.15) is 32.4 Å². The fourth-order valence-electron chi connectivity index (χ4n) is 1.69. The summed E-state index contributed by atoms with van der Waals surface area (Å²) in [6, 6.07) is 8.60. The minimum absolute atomic E-state index is 0. The van der Waals surface area contributed by atoms with Crippen LogP contribution in [0.3, 0.4) is 0 Å². The zero-order valence-corrected chi connectivity index (χ0v) is 13.9. The van der Waals surface area contributed by atoms with E-state index in [9.17, 15) is 0 Å². The Bertz CT molecular complexity index is 307. The van der Waals surface area contributed by atoms with Crippen LogP contribution in [0, 0.1) is 0 Å². The molecule has 0 amide bonds. The molecule has 1 unspecified atom stereocenters. The van der Waals surface area contributed by atoms with Gasteiger partial charge in [0.05, 0.1) is 0 Å². The van der Waals surface area contributed by atoms with Crippen LogP contribution in [0.4, 0.5) is 0 Å². The third-order valence-electron chi connectivity index (χ3n) is 2.39. The van der Waals surface area contributed by atoms with Crippen molar-refractivity contribution < 1.29 is 3.07 Å². The number of benzene rings is 1. The van der Waals surface area contributed by atoms with Gasteiger partial charge in [0.2, 0.25) is 0 Å². The number of hydrogen-bond donors (Lipinski definition) is 1. The van der Waals surface area contributed by atoms with Crippen molar-refractivity contribution in [2.75, 3.05) is 6.61 Å². The van der Waals surface area contributed by atoms with Gasteiger partial charge in [0.1, 0.15) is 0 Å². The van der Waals surface area contributed by atoms with Crippen molar-refractivity contribution in [1.82, 2.24) is 0 Å². The maximum absolute atomic E-state index is 5.98. The van der Waals surface area contributed by atoms with Gasteiger partial charge in [0.15, 0.2) is 0 Å². The van der Waals surface area contributed by atoms with Gasteiger partial charge in [-0.3, -0.25) is 0 Å². The van der Waals surface area contributed by atoms with Gasteiger partial charge in [0.25, 0.3) is 0 Å². The first-order valence-electron chi connectivity index (χ1n) is 5.54. The molecular weight excluding hydrogens is 328 g/mol. The average molecular weight is 349 g/mol. The van der Waals surface area contributed by atoms with Crippen LogP contribution in [-0.4, -0.2) is 26.8 Å². The molecule has 2 N–H and O–H groups in total. The third-order valence-corrected chi connectivity index (χ3v) is 9.06. The van der Waals surface area contributed by atoms with Crippen molar-refractivity contribution in [1.29, 1.82) is 0 Å². The van der Waals surface area contributed by atoms with Crippen molar-refractivity contribution in [2.24, 2.45) is 5.73 Å². The summed E-state index contributed by atoms with van der Waals surface area (Å²) in [5.74, 6) is 0. The van der Waals surface area contributed by atoms with E-state index >= 15 is 0 Å². The standard InChI is InChI=1S/C8H10N.C2H5O.C2H5.ClH.Sn/c1-7(9)8-5-3-2-4-6-8;1-2-3;1-2;;/h2-5,7H,9H2,1H3;2H2,1H3;1H2,2H3;1H;/q;-1;;;+1. The zero-order chi connectivity index (χ0) is 11.3. The van der Waals surface area contributed by atoms with E-state index in [1.165, 1.54) is 13.6 Å². The smallest absolute Gasteiger partial charge is 0.147 e. The molecule has 0 spiro atoms. The molecule has 1 radical (unpaired) electrons. The molecule has 0 aromatic heterocycles. The van der Waals surface area contributed by atoms with E-state index in [1.807, 2.05) is 6.92 Å². The molecule has 0 heterocycles. The van der Waals surface area contributed by atoms with Crippen molar-refractivity contribution >= 4 is 36.2 Å². The summed E-state index contributed by atoms with van der Waals surface area (Å²) in [6.45, 7) is 7.17. The normalized spacial score (nSPS) is 12.3. The Kier molecular flexibility index (Phi) is 8.46. The minimum Gasteiger partial charge on any atom is -0.147 e. The van der Waals surface area contributed by atoms with E-state index in [1.54, 1.807) is 0 Å². The molecule has 0 aliphatic rings. The van der Waals surface area contributed by atoms with Gasteiger partial charge in [-0.25, -0.2) is 0 Å². The summed E-state index contributed by atoms with van der Waals surface area (Å²) in [4.78, 5) is 0. The topological polar surface area (TPSA) is 35.2 Å². The van der Waals surface area contributed by atoms with E-state index in [0.29, 0.717) is 0 Å². The minimum atomic E-state index is -1.84. The molecule has 0 saturated carbocycles. The Morgan fingerprint density at radius 1 is 1.31 bits per heavy atom. The van der Waals surface area contributed by atoms with Crippen molar-refractivity contribution in [3.63, 3.8) is 0 Å². The Hall–Kier alpha value is 0.229. The summed E-state index contributed by atoms with van der Waals surface area (Å²) in [6.07, 6.45) is 0. The molecule has 1 rings (SSSR count). The van der Waals surface area contributed by atoms with Crippen molar-refractivity contribution in [3.05, 3.63) is 29.8 Å². The fourth-order valence-corrected chi connectivity index (χ4v) is 7.41. The predicted octanol–water partition coefficient (Wildman–Crippen LogP) is 2.38. The second-order valence-electron chi connectivity index (χ2n) is 3.59. The molecule has 1 atom stereocenters. The molecule has 0 bridgehead atoms. The van der Waals surface area contributed by atoms with E-state index < -0.39 is 20.2 Å².